The normalized spacial score (nSPS) is 15.0. The average Bonchev–Trinajstić information content (AvgIpc) is 3.02. The first-order valence-corrected chi connectivity index (χ1v) is 5.37. The molecule has 1 aromatic carbocycles. The number of carbonyl (C=O) groups is 1. The summed E-state index contributed by atoms with van der Waals surface area (Å²) in [6.45, 7) is 0.506. The molecule has 0 aliphatic heterocycles. The van der Waals surface area contributed by atoms with Gasteiger partial charge < -0.3 is 11.1 Å². The highest BCUT2D eigenvalue weighted by atomic mass is 16.1. The lowest BCUT2D eigenvalue weighted by Gasteiger charge is -2.05. The molecule has 0 heterocycles. The van der Waals surface area contributed by atoms with Crippen molar-refractivity contribution >= 4 is 11.6 Å². The van der Waals surface area contributed by atoms with E-state index in [0.29, 0.717) is 18.9 Å². The molecule has 0 unspecified atom stereocenters. The molecule has 80 valence electrons. The van der Waals surface area contributed by atoms with E-state index >= 15 is 0 Å². The topological polar surface area (TPSA) is 55.1 Å². The van der Waals surface area contributed by atoms with Gasteiger partial charge in [0.2, 0.25) is 5.91 Å². The zero-order chi connectivity index (χ0) is 10.7. The van der Waals surface area contributed by atoms with Gasteiger partial charge in [0.25, 0.3) is 0 Å². The summed E-state index contributed by atoms with van der Waals surface area (Å²) >= 11 is 0. The van der Waals surface area contributed by atoms with Crippen molar-refractivity contribution in [3.63, 3.8) is 0 Å². The van der Waals surface area contributed by atoms with E-state index in [1.165, 1.54) is 12.8 Å². The largest absolute Gasteiger partial charge is 0.326 e. The molecular weight excluding hydrogens is 188 g/mol. The Kier molecular flexibility index (Phi) is 3.02. The van der Waals surface area contributed by atoms with E-state index in [-0.39, 0.29) is 5.91 Å². The van der Waals surface area contributed by atoms with Gasteiger partial charge >= 0.3 is 0 Å². The fourth-order valence-electron chi connectivity index (χ4n) is 1.57. The summed E-state index contributed by atoms with van der Waals surface area (Å²) < 4.78 is 0. The lowest BCUT2D eigenvalue weighted by Crippen LogP contribution is -2.12. The molecule has 1 fully saturated rings. The minimum atomic E-state index is 0.117. The second kappa shape index (κ2) is 4.45. The van der Waals surface area contributed by atoms with Crippen LogP contribution < -0.4 is 11.1 Å². The maximum Gasteiger partial charge on any atom is 0.224 e. The molecule has 0 bridgehead atoms. The average molecular weight is 204 g/mol. The van der Waals surface area contributed by atoms with Crippen molar-refractivity contribution in [2.75, 3.05) is 5.32 Å². The van der Waals surface area contributed by atoms with Gasteiger partial charge in [-0.15, -0.1) is 0 Å². The molecular formula is C12H16N2O. The third kappa shape index (κ3) is 3.06. The van der Waals surface area contributed by atoms with Crippen LogP contribution in [-0.2, 0) is 11.3 Å². The van der Waals surface area contributed by atoms with E-state index in [4.69, 9.17) is 5.73 Å². The Hall–Kier alpha value is -1.35. The van der Waals surface area contributed by atoms with Gasteiger partial charge in [-0.1, -0.05) is 12.1 Å². The summed E-state index contributed by atoms with van der Waals surface area (Å²) in [5.41, 5.74) is 7.42. The van der Waals surface area contributed by atoms with Crippen LogP contribution in [0.25, 0.3) is 0 Å². The standard InChI is InChI=1S/C12H16N2O/c13-8-10-2-1-3-11(6-10)14-12(15)7-9-4-5-9/h1-3,6,9H,4-5,7-8,13H2,(H,14,15). The van der Waals surface area contributed by atoms with Crippen LogP contribution in [0.4, 0.5) is 5.69 Å². The fraction of sp³-hybridized carbons (Fsp3) is 0.417. The minimum Gasteiger partial charge on any atom is -0.326 e. The van der Waals surface area contributed by atoms with Crippen LogP contribution in [0.3, 0.4) is 0 Å². The number of nitrogens with one attached hydrogen (secondary N) is 1. The minimum absolute atomic E-state index is 0.117. The number of anilines is 1. The third-order valence-corrected chi connectivity index (χ3v) is 2.62. The van der Waals surface area contributed by atoms with Gasteiger partial charge in [-0.2, -0.15) is 0 Å². The Morgan fingerprint density at radius 3 is 2.93 bits per heavy atom. The Balaban J connectivity index is 1.93. The van der Waals surface area contributed by atoms with Gasteiger partial charge in [0.05, 0.1) is 0 Å². The predicted octanol–water partition coefficient (Wildman–Crippen LogP) is 1.88. The van der Waals surface area contributed by atoms with Crippen LogP contribution >= 0.6 is 0 Å². The number of nitrogens with two attached hydrogens (primary N) is 1. The van der Waals surface area contributed by atoms with Crippen LogP contribution in [0, 0.1) is 5.92 Å². The Morgan fingerprint density at radius 2 is 2.27 bits per heavy atom. The number of hydrogen-bond acceptors (Lipinski definition) is 2. The zero-order valence-electron chi connectivity index (χ0n) is 8.70. The summed E-state index contributed by atoms with van der Waals surface area (Å²) in [7, 11) is 0. The number of rotatable bonds is 4. The molecule has 1 aliphatic rings. The first kappa shape index (κ1) is 10.2. The summed E-state index contributed by atoms with van der Waals surface area (Å²) in [5.74, 6) is 0.745. The van der Waals surface area contributed by atoms with Crippen LogP contribution in [0.1, 0.15) is 24.8 Å². The summed E-state index contributed by atoms with van der Waals surface area (Å²) in [6, 6.07) is 7.68. The van der Waals surface area contributed by atoms with Crippen molar-refractivity contribution in [3.8, 4) is 0 Å². The predicted molar refractivity (Wildman–Crippen MR) is 60.3 cm³/mol. The van der Waals surface area contributed by atoms with Crippen LogP contribution in [-0.4, -0.2) is 5.91 Å². The van der Waals surface area contributed by atoms with Crippen LogP contribution in [0.15, 0.2) is 24.3 Å². The van der Waals surface area contributed by atoms with Gasteiger partial charge in [-0.05, 0) is 36.5 Å². The van der Waals surface area contributed by atoms with E-state index in [1.54, 1.807) is 0 Å². The molecule has 1 amide bonds. The van der Waals surface area contributed by atoms with Crippen molar-refractivity contribution in [3.05, 3.63) is 29.8 Å². The second-order valence-corrected chi connectivity index (χ2v) is 4.10. The lowest BCUT2D eigenvalue weighted by molar-refractivity contribution is -0.116. The van der Waals surface area contributed by atoms with E-state index in [2.05, 4.69) is 5.32 Å². The van der Waals surface area contributed by atoms with Gasteiger partial charge in [-0.25, -0.2) is 0 Å². The van der Waals surface area contributed by atoms with Crippen molar-refractivity contribution < 1.29 is 4.79 Å². The molecule has 0 saturated heterocycles. The molecule has 1 saturated carbocycles. The Labute approximate surface area is 89.7 Å². The van der Waals surface area contributed by atoms with Gasteiger partial charge in [0.15, 0.2) is 0 Å². The van der Waals surface area contributed by atoms with Crippen molar-refractivity contribution in [1.29, 1.82) is 0 Å². The molecule has 3 N–H and O–H groups in total. The van der Waals surface area contributed by atoms with E-state index in [0.717, 1.165) is 11.3 Å². The van der Waals surface area contributed by atoms with E-state index in [1.807, 2.05) is 24.3 Å². The van der Waals surface area contributed by atoms with Gasteiger partial charge in [0.1, 0.15) is 0 Å². The molecule has 3 heteroatoms. The summed E-state index contributed by atoms with van der Waals surface area (Å²) in [4.78, 5) is 11.5. The lowest BCUT2D eigenvalue weighted by atomic mass is 10.2. The first-order chi connectivity index (χ1) is 7.28. The molecule has 3 nitrogen and oxygen atoms in total. The molecule has 0 radical (unpaired) electrons. The fourth-order valence-corrected chi connectivity index (χ4v) is 1.57. The van der Waals surface area contributed by atoms with Crippen molar-refractivity contribution in [2.45, 2.75) is 25.8 Å². The highest BCUT2D eigenvalue weighted by Crippen LogP contribution is 2.32. The second-order valence-electron chi connectivity index (χ2n) is 4.10. The summed E-state index contributed by atoms with van der Waals surface area (Å²) in [5, 5.41) is 2.89. The van der Waals surface area contributed by atoms with Crippen LogP contribution in [0.5, 0.6) is 0 Å². The van der Waals surface area contributed by atoms with Gasteiger partial charge in [-0.3, -0.25) is 4.79 Å². The van der Waals surface area contributed by atoms with Crippen molar-refractivity contribution in [2.24, 2.45) is 11.7 Å². The smallest absolute Gasteiger partial charge is 0.224 e. The molecule has 0 aromatic heterocycles. The maximum atomic E-state index is 11.5. The Bertz CT molecular complexity index is 358. The zero-order valence-corrected chi connectivity index (χ0v) is 8.70. The third-order valence-electron chi connectivity index (χ3n) is 2.62. The Morgan fingerprint density at radius 1 is 1.47 bits per heavy atom. The number of carbonyl (C=O) groups excluding carboxylic acids is 1. The van der Waals surface area contributed by atoms with Gasteiger partial charge in [0, 0.05) is 18.7 Å². The molecule has 0 spiro atoms. The number of amides is 1. The SMILES string of the molecule is NCc1cccc(NC(=O)CC2CC2)c1. The molecule has 1 aromatic rings. The molecule has 2 rings (SSSR count). The van der Waals surface area contributed by atoms with E-state index in [9.17, 15) is 4.79 Å². The quantitative estimate of drug-likeness (QED) is 0.786. The summed E-state index contributed by atoms with van der Waals surface area (Å²) in [6.07, 6.45) is 3.07. The monoisotopic (exact) mass is 204 g/mol. The van der Waals surface area contributed by atoms with Crippen molar-refractivity contribution in [1.82, 2.24) is 0 Å². The number of benzene rings is 1. The molecule has 0 atom stereocenters. The number of hydrogen-bond donors (Lipinski definition) is 2. The van der Waals surface area contributed by atoms with Crippen LogP contribution in [0.2, 0.25) is 0 Å². The highest BCUT2D eigenvalue weighted by molar-refractivity contribution is 5.91. The maximum absolute atomic E-state index is 11.5. The molecule has 1 aliphatic carbocycles. The van der Waals surface area contributed by atoms with E-state index < -0.39 is 0 Å². The highest BCUT2D eigenvalue weighted by Gasteiger charge is 2.24. The first-order valence-electron chi connectivity index (χ1n) is 5.37. The molecule has 15 heavy (non-hydrogen) atoms.